The Morgan fingerprint density at radius 3 is 2.53 bits per heavy atom. The molecule has 1 aliphatic heterocycles. The zero-order valence-corrected chi connectivity index (χ0v) is 17.9. The number of hydrogen-bond donors (Lipinski definition) is 2. The number of piperidine rings is 1. The van der Waals surface area contributed by atoms with Crippen LogP contribution < -0.4 is 5.32 Å². The highest BCUT2D eigenvalue weighted by Gasteiger charge is 2.40. The Labute approximate surface area is 181 Å². The first-order valence-corrected chi connectivity index (χ1v) is 11.1. The molecule has 3 rings (SSSR count). The van der Waals surface area contributed by atoms with Crippen molar-refractivity contribution in [2.45, 2.75) is 37.7 Å². The number of amides is 2. The van der Waals surface area contributed by atoms with Crippen LogP contribution in [0, 0.1) is 17.2 Å². The predicted octanol–water partition coefficient (Wildman–Crippen LogP) is 2.49. The second kappa shape index (κ2) is 9.88. The topological polar surface area (TPSA) is 93.4 Å². The predicted molar refractivity (Wildman–Crippen MR) is 116 cm³/mol. The Hall–Kier alpha value is -2.69. The van der Waals surface area contributed by atoms with Crippen molar-refractivity contribution >= 4 is 23.2 Å². The molecular formula is C23H27N3O3S. The van der Waals surface area contributed by atoms with Gasteiger partial charge < -0.3 is 15.3 Å². The summed E-state index contributed by atoms with van der Waals surface area (Å²) in [5.74, 6) is -1.62. The molecule has 30 heavy (non-hydrogen) atoms. The summed E-state index contributed by atoms with van der Waals surface area (Å²) in [6.07, 6.45) is 0.348. The summed E-state index contributed by atoms with van der Waals surface area (Å²) in [5, 5.41) is 25.1. The van der Waals surface area contributed by atoms with Gasteiger partial charge in [-0.1, -0.05) is 43.3 Å². The van der Waals surface area contributed by atoms with Crippen molar-refractivity contribution in [2.24, 2.45) is 5.92 Å². The van der Waals surface area contributed by atoms with Crippen molar-refractivity contribution in [3.8, 4) is 6.07 Å². The minimum absolute atomic E-state index is 0.333. The average Bonchev–Trinajstić information content (AvgIpc) is 3.31. The third-order valence-corrected chi connectivity index (χ3v) is 6.80. The van der Waals surface area contributed by atoms with Crippen LogP contribution in [-0.2, 0) is 21.4 Å². The standard InChI is InChI=1S/C23H27N3O3S/c1-17(21(28)25-12-9-19-8-5-15-30-19)20(27)22(29)26-13-10-23(16-24,11-14-26)18-6-3-2-4-7-18/h2-8,15,17,20,27H,9-14H2,1H3,(H,25,28)/t17-,20-/m1/s1. The quantitative estimate of drug-likeness (QED) is 0.713. The van der Waals surface area contributed by atoms with E-state index >= 15 is 0 Å². The third-order valence-electron chi connectivity index (χ3n) is 5.86. The van der Waals surface area contributed by atoms with Gasteiger partial charge in [0.25, 0.3) is 5.91 Å². The van der Waals surface area contributed by atoms with Crippen molar-refractivity contribution in [1.82, 2.24) is 10.2 Å². The highest BCUT2D eigenvalue weighted by molar-refractivity contribution is 7.09. The Bertz CT molecular complexity index is 884. The van der Waals surface area contributed by atoms with Gasteiger partial charge in [-0.25, -0.2) is 0 Å². The van der Waals surface area contributed by atoms with Crippen LogP contribution in [0.25, 0.3) is 0 Å². The van der Waals surface area contributed by atoms with E-state index in [1.165, 1.54) is 4.88 Å². The maximum absolute atomic E-state index is 12.8. The molecule has 0 radical (unpaired) electrons. The summed E-state index contributed by atoms with van der Waals surface area (Å²) in [4.78, 5) is 27.8. The summed E-state index contributed by atoms with van der Waals surface area (Å²) in [6, 6.07) is 16.0. The molecule has 0 saturated carbocycles. The SMILES string of the molecule is C[C@@H](C(=O)NCCc1cccs1)[C@@H](O)C(=O)N1CCC(C#N)(c2ccccc2)CC1. The number of nitrogens with zero attached hydrogens (tertiary/aromatic N) is 2. The van der Waals surface area contributed by atoms with Crippen LogP contribution in [0.1, 0.15) is 30.2 Å². The number of rotatable bonds is 7. The molecule has 1 saturated heterocycles. The molecule has 0 aliphatic carbocycles. The minimum Gasteiger partial charge on any atom is -0.382 e. The fourth-order valence-corrected chi connectivity index (χ4v) is 4.51. The van der Waals surface area contributed by atoms with Gasteiger partial charge >= 0.3 is 0 Å². The molecule has 1 fully saturated rings. The van der Waals surface area contributed by atoms with Crippen LogP contribution in [0.2, 0.25) is 0 Å². The minimum atomic E-state index is -1.39. The fraction of sp³-hybridized carbons (Fsp3) is 0.435. The Kier molecular flexibility index (Phi) is 7.24. The van der Waals surface area contributed by atoms with Gasteiger partial charge in [-0.05, 0) is 36.3 Å². The maximum atomic E-state index is 12.8. The van der Waals surface area contributed by atoms with Crippen LogP contribution in [0.5, 0.6) is 0 Å². The summed E-state index contributed by atoms with van der Waals surface area (Å²) >= 11 is 1.63. The van der Waals surface area contributed by atoms with Crippen LogP contribution in [0.4, 0.5) is 0 Å². The number of aliphatic hydroxyl groups excluding tert-OH is 1. The number of hydrogen-bond acceptors (Lipinski definition) is 5. The average molecular weight is 426 g/mol. The molecule has 158 valence electrons. The molecule has 6 nitrogen and oxygen atoms in total. The van der Waals surface area contributed by atoms with E-state index in [2.05, 4.69) is 11.4 Å². The Balaban J connectivity index is 1.52. The number of nitriles is 1. The molecule has 1 aromatic carbocycles. The number of nitrogens with one attached hydrogen (secondary N) is 1. The molecule has 2 N–H and O–H groups in total. The Morgan fingerprint density at radius 1 is 1.23 bits per heavy atom. The summed E-state index contributed by atoms with van der Waals surface area (Å²) in [7, 11) is 0. The van der Waals surface area contributed by atoms with Crippen molar-refractivity contribution in [3.05, 3.63) is 58.3 Å². The highest BCUT2D eigenvalue weighted by atomic mass is 32.1. The van der Waals surface area contributed by atoms with E-state index in [4.69, 9.17) is 0 Å². The summed E-state index contributed by atoms with van der Waals surface area (Å²) in [6.45, 7) is 2.79. The number of benzene rings is 1. The van der Waals surface area contributed by atoms with Crippen molar-refractivity contribution in [1.29, 1.82) is 5.26 Å². The molecule has 0 bridgehead atoms. The molecular weight excluding hydrogens is 398 g/mol. The molecule has 0 spiro atoms. The van der Waals surface area contributed by atoms with E-state index in [1.54, 1.807) is 23.2 Å². The van der Waals surface area contributed by atoms with Gasteiger partial charge in [-0.15, -0.1) is 11.3 Å². The largest absolute Gasteiger partial charge is 0.382 e. The lowest BCUT2D eigenvalue weighted by molar-refractivity contribution is -0.148. The van der Waals surface area contributed by atoms with E-state index in [0.29, 0.717) is 32.5 Å². The van der Waals surface area contributed by atoms with E-state index in [9.17, 15) is 20.0 Å². The second-order valence-electron chi connectivity index (χ2n) is 7.74. The van der Waals surface area contributed by atoms with Gasteiger partial charge in [0.2, 0.25) is 5.91 Å². The maximum Gasteiger partial charge on any atom is 0.252 e. The van der Waals surface area contributed by atoms with Crippen LogP contribution in [0.3, 0.4) is 0 Å². The van der Waals surface area contributed by atoms with Gasteiger partial charge in [0, 0.05) is 24.5 Å². The molecule has 2 amide bonds. The summed E-state index contributed by atoms with van der Waals surface area (Å²) in [5.41, 5.74) is 0.340. The molecule has 2 atom stereocenters. The number of carbonyl (C=O) groups excluding carboxylic acids is 2. The van der Waals surface area contributed by atoms with Crippen LogP contribution in [-0.4, -0.2) is 47.6 Å². The van der Waals surface area contributed by atoms with E-state index < -0.39 is 23.3 Å². The second-order valence-corrected chi connectivity index (χ2v) is 8.77. The highest BCUT2D eigenvalue weighted by Crippen LogP contribution is 2.35. The molecule has 2 heterocycles. The molecule has 0 unspecified atom stereocenters. The number of thiophene rings is 1. The normalized spacial score (nSPS) is 17.6. The van der Waals surface area contributed by atoms with Gasteiger partial charge in [0.1, 0.15) is 6.10 Å². The third kappa shape index (κ3) is 4.89. The lowest BCUT2D eigenvalue weighted by Gasteiger charge is -2.38. The molecule has 7 heteroatoms. The first-order valence-electron chi connectivity index (χ1n) is 10.2. The monoisotopic (exact) mass is 425 g/mol. The van der Waals surface area contributed by atoms with E-state index in [-0.39, 0.29) is 5.91 Å². The van der Waals surface area contributed by atoms with Gasteiger partial charge in [0.05, 0.1) is 17.4 Å². The summed E-state index contributed by atoms with van der Waals surface area (Å²) < 4.78 is 0. The number of likely N-dealkylation sites (tertiary alicyclic amines) is 1. The lowest BCUT2D eigenvalue weighted by atomic mass is 9.74. The van der Waals surface area contributed by atoms with Crippen molar-refractivity contribution in [2.75, 3.05) is 19.6 Å². The molecule has 1 aliphatic rings. The zero-order chi connectivity index (χ0) is 21.6. The number of carbonyl (C=O) groups is 2. The number of aliphatic hydroxyl groups is 1. The van der Waals surface area contributed by atoms with Crippen molar-refractivity contribution in [3.63, 3.8) is 0 Å². The first-order chi connectivity index (χ1) is 14.5. The van der Waals surface area contributed by atoms with E-state index in [0.717, 1.165) is 12.0 Å². The van der Waals surface area contributed by atoms with Crippen molar-refractivity contribution < 1.29 is 14.7 Å². The molecule has 1 aromatic heterocycles. The van der Waals surface area contributed by atoms with E-state index in [1.807, 2.05) is 47.8 Å². The fourth-order valence-electron chi connectivity index (χ4n) is 3.80. The van der Waals surface area contributed by atoms with Crippen LogP contribution >= 0.6 is 11.3 Å². The lowest BCUT2D eigenvalue weighted by Crippen LogP contribution is -2.51. The first kappa shape index (κ1) is 22.0. The van der Waals surface area contributed by atoms with Gasteiger partial charge in [-0.3, -0.25) is 9.59 Å². The zero-order valence-electron chi connectivity index (χ0n) is 17.1. The van der Waals surface area contributed by atoms with Gasteiger partial charge in [-0.2, -0.15) is 5.26 Å². The molecule has 2 aromatic rings. The smallest absolute Gasteiger partial charge is 0.252 e. The Morgan fingerprint density at radius 2 is 1.93 bits per heavy atom. The van der Waals surface area contributed by atoms with Gasteiger partial charge in [0.15, 0.2) is 0 Å². The van der Waals surface area contributed by atoms with Crippen LogP contribution in [0.15, 0.2) is 47.8 Å².